The van der Waals surface area contributed by atoms with Crippen LogP contribution in [0.15, 0.2) is 23.1 Å². The highest BCUT2D eigenvalue weighted by Gasteiger charge is 2.20. The van der Waals surface area contributed by atoms with Crippen LogP contribution in [0.2, 0.25) is 0 Å². The van der Waals surface area contributed by atoms with E-state index in [2.05, 4.69) is 0 Å². The van der Waals surface area contributed by atoms with E-state index in [0.717, 1.165) is 6.26 Å². The van der Waals surface area contributed by atoms with Crippen LogP contribution in [0, 0.1) is 0 Å². The van der Waals surface area contributed by atoms with Crippen LogP contribution in [-0.4, -0.2) is 51.8 Å². The van der Waals surface area contributed by atoms with Gasteiger partial charge in [0.05, 0.1) is 18.1 Å². The maximum absolute atomic E-state index is 12.3. The molecule has 0 radical (unpaired) electrons. The Morgan fingerprint density at radius 1 is 1.26 bits per heavy atom. The van der Waals surface area contributed by atoms with Gasteiger partial charge in [-0.1, -0.05) is 0 Å². The summed E-state index contributed by atoms with van der Waals surface area (Å²) < 4.78 is 28.2. The van der Waals surface area contributed by atoms with Gasteiger partial charge >= 0.3 is 0 Å². The number of anilines is 1. The largest absolute Gasteiger partial charge is 0.399 e. The Bertz CT molecular complexity index is 592. The molecule has 1 saturated heterocycles. The Balaban J connectivity index is 2.34. The summed E-state index contributed by atoms with van der Waals surface area (Å²) in [5.41, 5.74) is 6.22. The highest BCUT2D eigenvalue weighted by molar-refractivity contribution is 7.90. The predicted octanol–water partition coefficient (Wildman–Crippen LogP) is 0.145. The smallest absolute Gasteiger partial charge is 0.254 e. The fourth-order valence-corrected chi connectivity index (χ4v) is 2.60. The van der Waals surface area contributed by atoms with Crippen molar-refractivity contribution in [2.75, 3.05) is 38.3 Å². The third kappa shape index (κ3) is 3.24. The summed E-state index contributed by atoms with van der Waals surface area (Å²) in [4.78, 5) is 13.9. The molecule has 1 aromatic carbocycles. The van der Waals surface area contributed by atoms with Gasteiger partial charge in [-0.15, -0.1) is 0 Å². The molecule has 0 spiro atoms. The number of rotatable bonds is 2. The lowest BCUT2D eigenvalue weighted by Gasteiger charge is -2.27. The van der Waals surface area contributed by atoms with Crippen LogP contribution in [0.5, 0.6) is 0 Å². The average Bonchev–Trinajstić information content (AvgIpc) is 2.37. The standard InChI is InChI=1S/C12H16N2O4S/c1-19(16,17)11-7-9(6-10(13)8-11)12(15)14-2-4-18-5-3-14/h6-8H,2-5,13H2,1H3. The van der Waals surface area contributed by atoms with Gasteiger partial charge in [-0.2, -0.15) is 0 Å². The van der Waals surface area contributed by atoms with Gasteiger partial charge < -0.3 is 15.4 Å². The topological polar surface area (TPSA) is 89.7 Å². The van der Waals surface area contributed by atoms with Crippen molar-refractivity contribution in [3.63, 3.8) is 0 Å². The molecule has 0 aliphatic carbocycles. The number of benzene rings is 1. The molecule has 6 nitrogen and oxygen atoms in total. The first-order chi connectivity index (χ1) is 8.88. The van der Waals surface area contributed by atoms with Gasteiger partial charge in [0.2, 0.25) is 0 Å². The molecular weight excluding hydrogens is 268 g/mol. The number of ether oxygens (including phenoxy) is 1. The molecule has 2 rings (SSSR count). The monoisotopic (exact) mass is 284 g/mol. The highest BCUT2D eigenvalue weighted by atomic mass is 32.2. The third-order valence-electron chi connectivity index (χ3n) is 2.90. The van der Waals surface area contributed by atoms with Crippen molar-refractivity contribution in [3.8, 4) is 0 Å². The number of morpholine rings is 1. The van der Waals surface area contributed by atoms with Crippen molar-refractivity contribution in [1.82, 2.24) is 4.90 Å². The maximum Gasteiger partial charge on any atom is 0.254 e. The van der Waals surface area contributed by atoms with Crippen LogP contribution >= 0.6 is 0 Å². The lowest BCUT2D eigenvalue weighted by molar-refractivity contribution is 0.0303. The van der Waals surface area contributed by atoms with Gasteiger partial charge in [-0.05, 0) is 18.2 Å². The first-order valence-electron chi connectivity index (χ1n) is 5.85. The van der Waals surface area contributed by atoms with Gasteiger partial charge in [0.15, 0.2) is 9.84 Å². The molecular formula is C12H16N2O4S. The minimum Gasteiger partial charge on any atom is -0.399 e. The van der Waals surface area contributed by atoms with E-state index in [-0.39, 0.29) is 16.5 Å². The summed E-state index contributed by atoms with van der Waals surface area (Å²) in [5, 5.41) is 0. The SMILES string of the molecule is CS(=O)(=O)c1cc(N)cc(C(=O)N2CCOCC2)c1. The molecule has 1 heterocycles. The van der Waals surface area contributed by atoms with Gasteiger partial charge in [-0.25, -0.2) is 8.42 Å². The van der Waals surface area contributed by atoms with Crippen LogP contribution in [0.1, 0.15) is 10.4 Å². The van der Waals surface area contributed by atoms with Crippen LogP contribution in [0.4, 0.5) is 5.69 Å². The van der Waals surface area contributed by atoms with Crippen molar-refractivity contribution in [3.05, 3.63) is 23.8 Å². The summed E-state index contributed by atoms with van der Waals surface area (Å²) in [6.07, 6.45) is 1.09. The van der Waals surface area contributed by atoms with E-state index in [0.29, 0.717) is 31.9 Å². The van der Waals surface area contributed by atoms with E-state index in [1.54, 1.807) is 4.90 Å². The van der Waals surface area contributed by atoms with Crippen molar-refractivity contribution in [1.29, 1.82) is 0 Å². The minimum atomic E-state index is -3.39. The van der Waals surface area contributed by atoms with Gasteiger partial charge in [0, 0.05) is 30.6 Å². The Hall–Kier alpha value is -1.60. The molecule has 1 fully saturated rings. The zero-order chi connectivity index (χ0) is 14.0. The second-order valence-electron chi connectivity index (χ2n) is 4.47. The maximum atomic E-state index is 12.3. The summed E-state index contributed by atoms with van der Waals surface area (Å²) in [7, 11) is -3.39. The summed E-state index contributed by atoms with van der Waals surface area (Å²) in [5.74, 6) is -0.222. The number of carbonyl (C=O) groups excluding carboxylic acids is 1. The summed E-state index contributed by atoms with van der Waals surface area (Å²) >= 11 is 0. The second-order valence-corrected chi connectivity index (χ2v) is 6.48. The Labute approximate surface area is 112 Å². The lowest BCUT2D eigenvalue weighted by atomic mass is 10.1. The number of hydrogen-bond donors (Lipinski definition) is 1. The number of nitrogens with zero attached hydrogens (tertiary/aromatic N) is 1. The Kier molecular flexibility index (Phi) is 3.77. The molecule has 0 unspecified atom stereocenters. The number of hydrogen-bond acceptors (Lipinski definition) is 5. The number of nitrogen functional groups attached to an aromatic ring is 1. The highest BCUT2D eigenvalue weighted by Crippen LogP contribution is 2.18. The number of nitrogens with two attached hydrogens (primary N) is 1. The molecule has 7 heteroatoms. The van der Waals surface area contributed by atoms with Crippen LogP contribution < -0.4 is 5.73 Å². The fourth-order valence-electron chi connectivity index (χ4n) is 1.91. The number of amides is 1. The molecule has 1 aliphatic rings. The quantitative estimate of drug-likeness (QED) is 0.780. The molecule has 0 saturated carbocycles. The zero-order valence-corrected chi connectivity index (χ0v) is 11.4. The summed E-state index contributed by atoms with van der Waals surface area (Å²) in [6, 6.07) is 4.21. The second kappa shape index (κ2) is 5.18. The fraction of sp³-hybridized carbons (Fsp3) is 0.417. The molecule has 2 N–H and O–H groups in total. The van der Waals surface area contributed by atoms with Crippen LogP contribution in [0.3, 0.4) is 0 Å². The molecule has 19 heavy (non-hydrogen) atoms. The summed E-state index contributed by atoms with van der Waals surface area (Å²) in [6.45, 7) is 1.99. The Morgan fingerprint density at radius 3 is 2.47 bits per heavy atom. The van der Waals surface area contributed by atoms with Gasteiger partial charge in [0.25, 0.3) is 5.91 Å². The van der Waals surface area contributed by atoms with E-state index in [9.17, 15) is 13.2 Å². The Morgan fingerprint density at radius 2 is 1.89 bits per heavy atom. The predicted molar refractivity (Wildman–Crippen MR) is 70.7 cm³/mol. The first kappa shape index (κ1) is 13.8. The first-order valence-corrected chi connectivity index (χ1v) is 7.75. The molecule has 1 amide bonds. The molecule has 0 aromatic heterocycles. The van der Waals surface area contributed by atoms with Crippen molar-refractivity contribution >= 4 is 21.4 Å². The van der Waals surface area contributed by atoms with Crippen LogP contribution in [0.25, 0.3) is 0 Å². The molecule has 0 bridgehead atoms. The minimum absolute atomic E-state index is 0.0594. The molecule has 1 aliphatic heterocycles. The van der Waals surface area contributed by atoms with Crippen molar-refractivity contribution in [2.24, 2.45) is 0 Å². The lowest BCUT2D eigenvalue weighted by Crippen LogP contribution is -2.40. The number of sulfone groups is 1. The van der Waals surface area contributed by atoms with Crippen molar-refractivity contribution in [2.45, 2.75) is 4.90 Å². The van der Waals surface area contributed by atoms with Gasteiger partial charge in [-0.3, -0.25) is 4.79 Å². The van der Waals surface area contributed by atoms with E-state index in [1.807, 2.05) is 0 Å². The van der Waals surface area contributed by atoms with E-state index in [4.69, 9.17) is 10.5 Å². The molecule has 0 atom stereocenters. The van der Waals surface area contributed by atoms with E-state index >= 15 is 0 Å². The van der Waals surface area contributed by atoms with Crippen molar-refractivity contribution < 1.29 is 17.9 Å². The van der Waals surface area contributed by atoms with Gasteiger partial charge in [0.1, 0.15) is 0 Å². The van der Waals surface area contributed by atoms with E-state index < -0.39 is 9.84 Å². The molecule has 104 valence electrons. The average molecular weight is 284 g/mol. The van der Waals surface area contributed by atoms with Crippen LogP contribution in [-0.2, 0) is 14.6 Å². The number of carbonyl (C=O) groups is 1. The van der Waals surface area contributed by atoms with E-state index in [1.165, 1.54) is 18.2 Å². The zero-order valence-electron chi connectivity index (χ0n) is 10.6. The normalized spacial score (nSPS) is 16.4. The third-order valence-corrected chi connectivity index (χ3v) is 3.99. The molecule has 1 aromatic rings.